The summed E-state index contributed by atoms with van der Waals surface area (Å²) in [5.41, 5.74) is 2.94. The topological polar surface area (TPSA) is 50.8 Å². The number of amides is 1. The number of carbonyl (C=O) groups is 1. The first-order valence-electron chi connectivity index (χ1n) is 10.2. The van der Waals surface area contributed by atoms with Crippen LogP contribution in [0.4, 0.5) is 5.69 Å². The summed E-state index contributed by atoms with van der Waals surface area (Å²) in [5.74, 6) is 2.04. The minimum atomic E-state index is -0.112. The van der Waals surface area contributed by atoms with Crippen LogP contribution in [0.5, 0.6) is 11.5 Å². The summed E-state index contributed by atoms with van der Waals surface area (Å²) in [6, 6.07) is 13.8. The summed E-state index contributed by atoms with van der Waals surface area (Å²) in [7, 11) is 0. The van der Waals surface area contributed by atoms with E-state index in [2.05, 4.69) is 41.4 Å². The fourth-order valence-electron chi connectivity index (χ4n) is 3.79. The summed E-state index contributed by atoms with van der Waals surface area (Å²) < 4.78 is 11.1. The molecule has 5 nitrogen and oxygen atoms in total. The monoisotopic (exact) mass is 380 g/mol. The van der Waals surface area contributed by atoms with Gasteiger partial charge in [-0.1, -0.05) is 19.1 Å². The van der Waals surface area contributed by atoms with E-state index in [9.17, 15) is 4.79 Å². The van der Waals surface area contributed by atoms with Crippen LogP contribution in [0.2, 0.25) is 0 Å². The molecule has 0 saturated carbocycles. The van der Waals surface area contributed by atoms with Crippen molar-refractivity contribution in [2.24, 2.45) is 5.92 Å². The average molecular weight is 380 g/mol. The van der Waals surface area contributed by atoms with Crippen molar-refractivity contribution in [2.45, 2.75) is 32.7 Å². The van der Waals surface area contributed by atoms with Crippen LogP contribution in [-0.4, -0.2) is 32.2 Å². The molecule has 0 radical (unpaired) electrons. The van der Waals surface area contributed by atoms with Gasteiger partial charge in [0.25, 0.3) is 5.91 Å². The van der Waals surface area contributed by atoms with Gasteiger partial charge in [-0.05, 0) is 61.6 Å². The molecule has 0 aromatic heterocycles. The van der Waals surface area contributed by atoms with Crippen molar-refractivity contribution in [1.29, 1.82) is 0 Å². The Morgan fingerprint density at radius 3 is 2.43 bits per heavy atom. The van der Waals surface area contributed by atoms with E-state index < -0.39 is 0 Å². The van der Waals surface area contributed by atoms with Crippen LogP contribution in [0.1, 0.15) is 48.7 Å². The molecule has 5 heteroatoms. The fourth-order valence-corrected chi connectivity index (χ4v) is 3.79. The lowest BCUT2D eigenvalue weighted by atomic mass is 9.98. The smallest absolute Gasteiger partial charge is 0.251 e. The third-order valence-electron chi connectivity index (χ3n) is 5.69. The maximum atomic E-state index is 12.6. The summed E-state index contributed by atoms with van der Waals surface area (Å²) in [6.45, 7) is 7.63. The van der Waals surface area contributed by atoms with Gasteiger partial charge in [0.2, 0.25) is 0 Å². The highest BCUT2D eigenvalue weighted by atomic mass is 16.6. The van der Waals surface area contributed by atoms with Crippen molar-refractivity contribution < 1.29 is 14.3 Å². The van der Waals surface area contributed by atoms with Crippen molar-refractivity contribution in [3.8, 4) is 11.5 Å². The van der Waals surface area contributed by atoms with Gasteiger partial charge in [-0.25, -0.2) is 0 Å². The molecule has 4 rings (SSSR count). The van der Waals surface area contributed by atoms with E-state index in [0.29, 0.717) is 30.3 Å². The number of rotatable bonds is 4. The number of ether oxygens (including phenoxy) is 2. The molecule has 2 heterocycles. The Balaban J connectivity index is 1.39. The number of piperidine rings is 1. The summed E-state index contributed by atoms with van der Waals surface area (Å²) in [4.78, 5) is 15.1. The van der Waals surface area contributed by atoms with Gasteiger partial charge < -0.3 is 19.7 Å². The van der Waals surface area contributed by atoms with Crippen LogP contribution in [0.3, 0.4) is 0 Å². The lowest BCUT2D eigenvalue weighted by Crippen LogP contribution is -2.32. The molecule has 1 saturated heterocycles. The molecule has 2 aliphatic heterocycles. The Bertz CT molecular complexity index is 826. The number of hydrogen-bond donors (Lipinski definition) is 1. The van der Waals surface area contributed by atoms with Crippen molar-refractivity contribution in [2.75, 3.05) is 31.2 Å². The number of nitrogens with one attached hydrogen (secondary N) is 1. The number of fused-ring (bicyclic) bond motifs is 1. The standard InChI is InChI=1S/C23H28N2O3/c1-16-9-11-25(12-10-16)20-6-3-18(4-7-20)17(2)24-23(26)19-5-8-21-22(15-19)28-14-13-27-21/h3-8,15-17H,9-14H2,1-2H3,(H,24,26)/t17-/m1/s1. The second kappa shape index (κ2) is 8.13. The molecule has 0 bridgehead atoms. The number of anilines is 1. The molecular formula is C23H28N2O3. The number of hydrogen-bond acceptors (Lipinski definition) is 4. The van der Waals surface area contributed by atoms with E-state index in [-0.39, 0.29) is 11.9 Å². The second-order valence-corrected chi connectivity index (χ2v) is 7.81. The highest BCUT2D eigenvalue weighted by Gasteiger charge is 2.18. The summed E-state index contributed by atoms with van der Waals surface area (Å²) >= 11 is 0. The molecule has 148 valence electrons. The van der Waals surface area contributed by atoms with Crippen LogP contribution in [0, 0.1) is 5.92 Å². The third kappa shape index (κ3) is 4.08. The van der Waals surface area contributed by atoms with Crippen molar-refractivity contribution in [3.05, 3.63) is 53.6 Å². The summed E-state index contributed by atoms with van der Waals surface area (Å²) in [5, 5.41) is 3.08. The van der Waals surface area contributed by atoms with Crippen molar-refractivity contribution in [1.82, 2.24) is 5.32 Å². The first-order chi connectivity index (χ1) is 13.6. The molecule has 1 fully saturated rings. The lowest BCUT2D eigenvalue weighted by Gasteiger charge is -2.32. The van der Waals surface area contributed by atoms with E-state index in [1.807, 2.05) is 6.92 Å². The molecule has 2 aliphatic rings. The normalized spacial score (nSPS) is 17.9. The molecule has 1 amide bonds. The molecular weight excluding hydrogens is 352 g/mol. The number of carbonyl (C=O) groups excluding carboxylic acids is 1. The largest absolute Gasteiger partial charge is 0.486 e. The van der Waals surface area contributed by atoms with Gasteiger partial charge in [0.15, 0.2) is 11.5 Å². The first-order valence-corrected chi connectivity index (χ1v) is 10.2. The van der Waals surface area contributed by atoms with Gasteiger partial charge in [-0.15, -0.1) is 0 Å². The van der Waals surface area contributed by atoms with Crippen LogP contribution in [0.15, 0.2) is 42.5 Å². The fraction of sp³-hybridized carbons (Fsp3) is 0.435. The van der Waals surface area contributed by atoms with Crippen LogP contribution < -0.4 is 19.7 Å². The lowest BCUT2D eigenvalue weighted by molar-refractivity contribution is 0.0938. The molecule has 1 atom stereocenters. The predicted molar refractivity (Wildman–Crippen MR) is 110 cm³/mol. The molecule has 0 unspecified atom stereocenters. The van der Waals surface area contributed by atoms with E-state index in [1.54, 1.807) is 18.2 Å². The Morgan fingerprint density at radius 2 is 1.71 bits per heavy atom. The maximum Gasteiger partial charge on any atom is 0.251 e. The van der Waals surface area contributed by atoms with Gasteiger partial charge in [0.1, 0.15) is 13.2 Å². The van der Waals surface area contributed by atoms with Crippen molar-refractivity contribution in [3.63, 3.8) is 0 Å². The molecule has 1 N–H and O–H groups in total. The van der Waals surface area contributed by atoms with E-state index in [1.165, 1.54) is 18.5 Å². The third-order valence-corrected chi connectivity index (χ3v) is 5.69. The molecule has 0 spiro atoms. The zero-order valence-corrected chi connectivity index (χ0v) is 16.6. The molecule has 28 heavy (non-hydrogen) atoms. The molecule has 2 aromatic rings. The van der Waals surface area contributed by atoms with Crippen LogP contribution in [0.25, 0.3) is 0 Å². The zero-order valence-electron chi connectivity index (χ0n) is 16.6. The quantitative estimate of drug-likeness (QED) is 0.864. The van der Waals surface area contributed by atoms with Crippen LogP contribution >= 0.6 is 0 Å². The highest BCUT2D eigenvalue weighted by molar-refractivity contribution is 5.95. The minimum Gasteiger partial charge on any atom is -0.486 e. The van der Waals surface area contributed by atoms with E-state index in [4.69, 9.17) is 9.47 Å². The van der Waals surface area contributed by atoms with E-state index >= 15 is 0 Å². The Labute approximate surface area is 166 Å². The molecule has 0 aliphatic carbocycles. The van der Waals surface area contributed by atoms with Gasteiger partial charge in [-0.2, -0.15) is 0 Å². The first kappa shape index (κ1) is 18.7. The zero-order chi connectivity index (χ0) is 19.5. The number of benzene rings is 2. The predicted octanol–water partition coefficient (Wildman–Crippen LogP) is 4.19. The Morgan fingerprint density at radius 1 is 1.04 bits per heavy atom. The minimum absolute atomic E-state index is 0.0730. The van der Waals surface area contributed by atoms with E-state index in [0.717, 1.165) is 24.6 Å². The van der Waals surface area contributed by atoms with Gasteiger partial charge >= 0.3 is 0 Å². The Kier molecular flexibility index (Phi) is 5.42. The van der Waals surface area contributed by atoms with Gasteiger partial charge in [0.05, 0.1) is 6.04 Å². The molecule has 2 aromatic carbocycles. The second-order valence-electron chi connectivity index (χ2n) is 7.81. The SMILES string of the molecule is CC1CCN(c2ccc([C@@H](C)NC(=O)c3ccc4c(c3)OCCO4)cc2)CC1. The maximum absolute atomic E-state index is 12.6. The number of nitrogens with zero attached hydrogens (tertiary/aromatic N) is 1. The van der Waals surface area contributed by atoms with Gasteiger partial charge in [-0.3, -0.25) is 4.79 Å². The Hall–Kier alpha value is -2.69. The van der Waals surface area contributed by atoms with Crippen molar-refractivity contribution >= 4 is 11.6 Å². The van der Waals surface area contributed by atoms with Gasteiger partial charge in [0, 0.05) is 24.3 Å². The highest BCUT2D eigenvalue weighted by Crippen LogP contribution is 2.31. The average Bonchev–Trinajstić information content (AvgIpc) is 2.74. The summed E-state index contributed by atoms with van der Waals surface area (Å²) in [6.07, 6.45) is 2.51. The van der Waals surface area contributed by atoms with Crippen LogP contribution in [-0.2, 0) is 0 Å².